The molecule has 0 fully saturated rings. The third-order valence-corrected chi connectivity index (χ3v) is 5.67. The van der Waals surface area contributed by atoms with Crippen molar-refractivity contribution in [3.8, 4) is 17.2 Å². The first-order valence-corrected chi connectivity index (χ1v) is 11.8. The Bertz CT molecular complexity index is 960. The van der Waals surface area contributed by atoms with Gasteiger partial charge in [0.15, 0.2) is 0 Å². The number of rotatable bonds is 12. The predicted molar refractivity (Wildman–Crippen MR) is 121 cm³/mol. The third kappa shape index (κ3) is 7.36. The Balaban J connectivity index is 1.94. The number of carbonyl (C=O) groups is 1. The number of nitrogens with zero attached hydrogens (tertiary/aromatic N) is 1. The summed E-state index contributed by atoms with van der Waals surface area (Å²) >= 11 is 0. The van der Waals surface area contributed by atoms with Gasteiger partial charge in [0.1, 0.15) is 23.8 Å². The predicted octanol–water partition coefficient (Wildman–Crippen LogP) is 2.62. The zero-order valence-electron chi connectivity index (χ0n) is 18.4. The van der Waals surface area contributed by atoms with E-state index in [-0.39, 0.29) is 12.2 Å². The Morgan fingerprint density at radius 1 is 1.03 bits per heavy atom. The molecule has 2 aromatic carbocycles. The van der Waals surface area contributed by atoms with E-state index in [2.05, 4.69) is 5.32 Å². The zero-order valence-corrected chi connectivity index (χ0v) is 19.2. The fourth-order valence-electron chi connectivity index (χ4n) is 3.00. The first kappa shape index (κ1) is 24.3. The number of nitrogens with one attached hydrogen (secondary N) is 1. The Kier molecular flexibility index (Phi) is 8.99. The Morgan fingerprint density at radius 3 is 2.29 bits per heavy atom. The SMILES string of the molecule is CCOc1ccc(CCCNC(=O)CN(c2ccc(OC)cc2OC)S(C)(=O)=O)cc1. The van der Waals surface area contributed by atoms with E-state index in [0.717, 1.165) is 34.7 Å². The lowest BCUT2D eigenvalue weighted by Gasteiger charge is -2.24. The van der Waals surface area contributed by atoms with E-state index in [4.69, 9.17) is 14.2 Å². The number of sulfonamides is 1. The first-order valence-electron chi connectivity index (χ1n) is 9.96. The average Bonchev–Trinajstić information content (AvgIpc) is 2.75. The molecule has 0 aliphatic rings. The highest BCUT2D eigenvalue weighted by atomic mass is 32.2. The van der Waals surface area contributed by atoms with Gasteiger partial charge in [-0.05, 0) is 49.6 Å². The second-order valence-corrected chi connectivity index (χ2v) is 8.74. The molecule has 8 nitrogen and oxygen atoms in total. The lowest BCUT2D eigenvalue weighted by atomic mass is 10.1. The molecule has 0 aliphatic carbocycles. The molecule has 0 radical (unpaired) electrons. The standard InChI is InChI=1S/C22H30N2O6S/c1-5-30-18-10-8-17(9-11-18)7-6-14-23-22(25)16-24(31(4,26)27)20-13-12-19(28-2)15-21(20)29-3/h8-13,15H,5-7,14,16H2,1-4H3,(H,23,25). The lowest BCUT2D eigenvalue weighted by molar-refractivity contribution is -0.119. The fraction of sp³-hybridized carbons (Fsp3) is 0.409. The molecule has 2 rings (SSSR count). The second-order valence-electron chi connectivity index (χ2n) is 6.84. The van der Waals surface area contributed by atoms with E-state index in [1.54, 1.807) is 18.2 Å². The normalized spacial score (nSPS) is 11.0. The monoisotopic (exact) mass is 450 g/mol. The zero-order chi connectivity index (χ0) is 22.9. The van der Waals surface area contributed by atoms with Crippen molar-refractivity contribution >= 4 is 21.6 Å². The molecule has 0 saturated carbocycles. The van der Waals surface area contributed by atoms with Crippen molar-refractivity contribution < 1.29 is 27.4 Å². The molecule has 0 aromatic heterocycles. The van der Waals surface area contributed by atoms with Gasteiger partial charge >= 0.3 is 0 Å². The maximum absolute atomic E-state index is 12.4. The van der Waals surface area contributed by atoms with Crippen LogP contribution in [0.25, 0.3) is 0 Å². The van der Waals surface area contributed by atoms with Crippen LogP contribution in [0.15, 0.2) is 42.5 Å². The molecule has 0 heterocycles. The molecule has 1 amide bonds. The summed E-state index contributed by atoms with van der Waals surface area (Å²) < 4.78 is 41.5. The number of hydrogen-bond acceptors (Lipinski definition) is 6. The van der Waals surface area contributed by atoms with Gasteiger partial charge in [-0.2, -0.15) is 0 Å². The van der Waals surface area contributed by atoms with Crippen LogP contribution in [0.5, 0.6) is 17.2 Å². The topological polar surface area (TPSA) is 94.2 Å². The molecule has 0 spiro atoms. The van der Waals surface area contributed by atoms with E-state index in [9.17, 15) is 13.2 Å². The largest absolute Gasteiger partial charge is 0.497 e. The summed E-state index contributed by atoms with van der Waals surface area (Å²) in [5, 5.41) is 2.78. The van der Waals surface area contributed by atoms with Crippen LogP contribution in [0.2, 0.25) is 0 Å². The van der Waals surface area contributed by atoms with E-state index in [1.807, 2.05) is 31.2 Å². The molecule has 0 unspecified atom stereocenters. The highest BCUT2D eigenvalue weighted by Crippen LogP contribution is 2.33. The van der Waals surface area contributed by atoms with Crippen molar-refractivity contribution in [2.75, 3.05) is 44.5 Å². The minimum absolute atomic E-state index is 0.273. The minimum atomic E-state index is -3.71. The quantitative estimate of drug-likeness (QED) is 0.500. The van der Waals surface area contributed by atoms with Crippen LogP contribution in [0, 0.1) is 0 Å². The minimum Gasteiger partial charge on any atom is -0.497 e. The van der Waals surface area contributed by atoms with Crippen LogP contribution in [-0.4, -0.2) is 54.5 Å². The maximum Gasteiger partial charge on any atom is 0.240 e. The Hall–Kier alpha value is -2.94. The molecule has 0 bridgehead atoms. The average molecular weight is 451 g/mol. The van der Waals surface area contributed by atoms with Gasteiger partial charge in [0.25, 0.3) is 0 Å². The summed E-state index contributed by atoms with van der Waals surface area (Å²) in [5.74, 6) is 1.25. The third-order valence-electron chi connectivity index (χ3n) is 4.54. The fourth-order valence-corrected chi connectivity index (χ4v) is 3.86. The van der Waals surface area contributed by atoms with Crippen LogP contribution in [0.1, 0.15) is 18.9 Å². The van der Waals surface area contributed by atoms with Crippen LogP contribution in [0.3, 0.4) is 0 Å². The number of amides is 1. The van der Waals surface area contributed by atoms with Gasteiger partial charge in [0.2, 0.25) is 15.9 Å². The van der Waals surface area contributed by atoms with Crippen molar-refractivity contribution in [1.82, 2.24) is 5.32 Å². The Labute approximate surface area is 184 Å². The van der Waals surface area contributed by atoms with Gasteiger partial charge in [0.05, 0.1) is 32.8 Å². The maximum atomic E-state index is 12.4. The lowest BCUT2D eigenvalue weighted by Crippen LogP contribution is -2.40. The summed E-state index contributed by atoms with van der Waals surface area (Å²) in [5.41, 5.74) is 1.41. The van der Waals surface area contributed by atoms with E-state index in [0.29, 0.717) is 24.7 Å². The molecule has 2 aromatic rings. The van der Waals surface area contributed by atoms with E-state index >= 15 is 0 Å². The van der Waals surface area contributed by atoms with Gasteiger partial charge in [-0.3, -0.25) is 9.10 Å². The van der Waals surface area contributed by atoms with Crippen molar-refractivity contribution in [3.05, 3.63) is 48.0 Å². The highest BCUT2D eigenvalue weighted by molar-refractivity contribution is 7.92. The molecular formula is C22H30N2O6S. The van der Waals surface area contributed by atoms with Gasteiger partial charge < -0.3 is 19.5 Å². The summed E-state index contributed by atoms with van der Waals surface area (Å²) in [6.07, 6.45) is 2.56. The number of aryl methyl sites for hydroxylation is 1. The summed E-state index contributed by atoms with van der Waals surface area (Å²) in [7, 11) is -0.774. The van der Waals surface area contributed by atoms with Crippen molar-refractivity contribution in [1.29, 1.82) is 0 Å². The summed E-state index contributed by atoms with van der Waals surface area (Å²) in [6.45, 7) is 2.65. The molecule has 0 atom stereocenters. The molecule has 31 heavy (non-hydrogen) atoms. The summed E-state index contributed by atoms with van der Waals surface area (Å²) in [6, 6.07) is 12.6. The van der Waals surface area contributed by atoms with Crippen molar-refractivity contribution in [3.63, 3.8) is 0 Å². The number of methoxy groups -OCH3 is 2. The molecule has 1 N–H and O–H groups in total. The number of benzene rings is 2. The second kappa shape index (κ2) is 11.5. The molecule has 9 heteroatoms. The Morgan fingerprint density at radius 2 is 1.71 bits per heavy atom. The highest BCUT2D eigenvalue weighted by Gasteiger charge is 2.24. The molecule has 0 saturated heterocycles. The van der Waals surface area contributed by atoms with Crippen LogP contribution in [0.4, 0.5) is 5.69 Å². The number of ether oxygens (including phenoxy) is 3. The first-order chi connectivity index (χ1) is 14.8. The molecular weight excluding hydrogens is 420 g/mol. The van der Waals surface area contributed by atoms with Gasteiger partial charge in [0, 0.05) is 12.6 Å². The van der Waals surface area contributed by atoms with Crippen LogP contribution in [-0.2, 0) is 21.2 Å². The van der Waals surface area contributed by atoms with E-state index < -0.39 is 15.9 Å². The van der Waals surface area contributed by atoms with E-state index in [1.165, 1.54) is 14.2 Å². The van der Waals surface area contributed by atoms with Crippen molar-refractivity contribution in [2.24, 2.45) is 0 Å². The smallest absolute Gasteiger partial charge is 0.240 e. The van der Waals surface area contributed by atoms with Crippen molar-refractivity contribution in [2.45, 2.75) is 19.8 Å². The number of hydrogen-bond donors (Lipinski definition) is 1. The van der Waals surface area contributed by atoms with Gasteiger partial charge in [-0.25, -0.2) is 8.42 Å². The number of carbonyl (C=O) groups excluding carboxylic acids is 1. The molecule has 0 aliphatic heterocycles. The molecule has 170 valence electrons. The van der Waals surface area contributed by atoms with Gasteiger partial charge in [-0.15, -0.1) is 0 Å². The van der Waals surface area contributed by atoms with Crippen LogP contribution < -0.4 is 23.8 Å². The summed E-state index contributed by atoms with van der Waals surface area (Å²) in [4.78, 5) is 12.4. The number of anilines is 1. The van der Waals surface area contributed by atoms with Crippen LogP contribution >= 0.6 is 0 Å². The van der Waals surface area contributed by atoms with Gasteiger partial charge in [-0.1, -0.05) is 12.1 Å².